The van der Waals surface area contributed by atoms with E-state index in [1.54, 1.807) is 18.2 Å². The summed E-state index contributed by atoms with van der Waals surface area (Å²) in [6.07, 6.45) is 11.2. The molecule has 2 aromatic carbocycles. The number of ether oxygens (including phenoxy) is 1. The first-order valence-corrected chi connectivity index (χ1v) is 16.3. The molecule has 0 spiro atoms. The fraction of sp³-hybridized carbons (Fsp3) is 0.562. The fourth-order valence-corrected chi connectivity index (χ4v) is 8.22. The molecule has 6 rings (SSSR count). The van der Waals surface area contributed by atoms with Crippen LogP contribution in [0, 0.1) is 5.92 Å². The van der Waals surface area contributed by atoms with Gasteiger partial charge in [-0.2, -0.15) is 0 Å². The number of sulfonamides is 1. The van der Waals surface area contributed by atoms with Gasteiger partial charge in [0.25, 0.3) is 0 Å². The standard InChI is InChI=1S/C18H25NO.C14H21N3O2S/c1-19-10-9-18-8-4-3-5-15(18)17(19)11-13-6-7-14(20-2)12-16(13)18;1-15-20(18,19)10-11-4-5-14-13(8-11)12(9-16-14)6-7-17(2)3/h6-7,12,15,17H,3-5,8-11H2,1-2H3;4-5,8-9,15-16H,6-7,10H2,1-3H3/t15-,17-,18-;/m1./s1. The summed E-state index contributed by atoms with van der Waals surface area (Å²) in [4.78, 5) is 7.99. The van der Waals surface area contributed by atoms with Crippen LogP contribution < -0.4 is 9.46 Å². The first-order valence-electron chi connectivity index (χ1n) is 14.7. The van der Waals surface area contributed by atoms with E-state index in [4.69, 9.17) is 4.74 Å². The molecule has 0 radical (unpaired) electrons. The number of likely N-dealkylation sites (tertiary alicyclic amines) is 1. The van der Waals surface area contributed by atoms with Crippen molar-refractivity contribution >= 4 is 20.9 Å². The summed E-state index contributed by atoms with van der Waals surface area (Å²) in [5.41, 5.74) is 6.74. The first kappa shape index (κ1) is 29.1. The number of benzene rings is 2. The SMILES string of the molecule is CNS(=O)(=O)Cc1ccc2[nH]cc(CCN(C)C)c2c1.COc1ccc2c(c1)[C@@]13CCCC[C@@H]1[C@@H](C2)N(C)CC3. The highest BCUT2D eigenvalue weighted by molar-refractivity contribution is 7.88. The van der Waals surface area contributed by atoms with Crippen molar-refractivity contribution in [3.63, 3.8) is 0 Å². The third-order valence-corrected chi connectivity index (χ3v) is 11.0. The van der Waals surface area contributed by atoms with Gasteiger partial charge in [0.05, 0.1) is 12.9 Å². The fourth-order valence-electron chi connectivity index (χ4n) is 7.46. The van der Waals surface area contributed by atoms with Crippen LogP contribution in [0.5, 0.6) is 5.75 Å². The number of methoxy groups -OCH3 is 1. The zero-order valence-corrected chi connectivity index (χ0v) is 25.6. The summed E-state index contributed by atoms with van der Waals surface area (Å²) in [7, 11) is 6.41. The largest absolute Gasteiger partial charge is 0.497 e. The van der Waals surface area contributed by atoms with Gasteiger partial charge >= 0.3 is 0 Å². The molecule has 2 bridgehead atoms. The molecule has 8 heteroatoms. The number of fused-ring (bicyclic) bond motifs is 2. The lowest BCUT2D eigenvalue weighted by molar-refractivity contribution is 0.00274. The molecule has 3 aliphatic rings. The monoisotopic (exact) mass is 566 g/mol. The summed E-state index contributed by atoms with van der Waals surface area (Å²) < 4.78 is 31.1. The van der Waals surface area contributed by atoms with Crippen LogP contribution in [0.15, 0.2) is 42.6 Å². The number of aromatic nitrogens is 1. The van der Waals surface area contributed by atoms with Crippen LogP contribution >= 0.6 is 0 Å². The number of nitrogens with zero attached hydrogens (tertiary/aromatic N) is 2. The van der Waals surface area contributed by atoms with Gasteiger partial charge in [0.15, 0.2) is 0 Å². The van der Waals surface area contributed by atoms with Crippen molar-refractivity contribution in [3.05, 3.63) is 64.8 Å². The van der Waals surface area contributed by atoms with E-state index in [2.05, 4.69) is 44.8 Å². The Morgan fingerprint density at radius 2 is 1.98 bits per heavy atom. The Bertz CT molecular complexity index is 1430. The molecule has 7 nitrogen and oxygen atoms in total. The molecule has 3 aromatic rings. The van der Waals surface area contributed by atoms with Crippen LogP contribution in [-0.2, 0) is 34.0 Å². The van der Waals surface area contributed by atoms with Gasteiger partial charge in [-0.15, -0.1) is 0 Å². The molecule has 218 valence electrons. The third-order valence-electron chi connectivity index (χ3n) is 9.65. The van der Waals surface area contributed by atoms with Crippen LogP contribution in [0.3, 0.4) is 0 Å². The van der Waals surface area contributed by atoms with E-state index < -0.39 is 10.0 Å². The normalized spacial score (nSPS) is 24.2. The second-order valence-electron chi connectivity index (χ2n) is 12.2. The van der Waals surface area contributed by atoms with Crippen molar-refractivity contribution < 1.29 is 13.2 Å². The number of hydrogen-bond acceptors (Lipinski definition) is 5. The average molecular weight is 567 g/mol. The molecule has 0 amide bonds. The molecule has 1 saturated carbocycles. The molecule has 1 aliphatic heterocycles. The summed E-state index contributed by atoms with van der Waals surface area (Å²) in [6.45, 7) is 2.23. The maximum Gasteiger partial charge on any atom is 0.215 e. The Balaban J connectivity index is 0.000000161. The molecule has 3 atom stereocenters. The lowest BCUT2D eigenvalue weighted by Gasteiger charge is -2.58. The first-order chi connectivity index (χ1) is 19.2. The molecule has 0 unspecified atom stereocenters. The summed E-state index contributed by atoms with van der Waals surface area (Å²) >= 11 is 0. The van der Waals surface area contributed by atoms with E-state index >= 15 is 0 Å². The number of piperidine rings is 1. The van der Waals surface area contributed by atoms with Crippen LogP contribution in [0.2, 0.25) is 0 Å². The van der Waals surface area contributed by atoms with E-state index in [0.29, 0.717) is 5.41 Å². The zero-order valence-electron chi connectivity index (χ0n) is 24.8. The van der Waals surface area contributed by atoms with Gasteiger partial charge in [-0.3, -0.25) is 0 Å². The quantitative estimate of drug-likeness (QED) is 0.433. The summed E-state index contributed by atoms with van der Waals surface area (Å²) in [6, 6.07) is 13.4. The lowest BCUT2D eigenvalue weighted by Crippen LogP contribution is -2.59. The Morgan fingerprint density at radius 3 is 2.73 bits per heavy atom. The summed E-state index contributed by atoms with van der Waals surface area (Å²) in [5, 5.41) is 1.11. The van der Waals surface area contributed by atoms with Crippen molar-refractivity contribution in [1.29, 1.82) is 0 Å². The van der Waals surface area contributed by atoms with E-state index in [1.165, 1.54) is 57.7 Å². The zero-order chi connectivity index (χ0) is 28.5. The summed E-state index contributed by atoms with van der Waals surface area (Å²) in [5.74, 6) is 1.92. The Labute approximate surface area is 240 Å². The van der Waals surface area contributed by atoms with Crippen LogP contribution in [-0.4, -0.2) is 77.6 Å². The van der Waals surface area contributed by atoms with Gasteiger partial charge in [-0.05, 0) is 119 Å². The highest BCUT2D eigenvalue weighted by atomic mass is 32.2. The van der Waals surface area contributed by atoms with E-state index in [0.717, 1.165) is 47.1 Å². The van der Waals surface area contributed by atoms with E-state index in [9.17, 15) is 8.42 Å². The minimum Gasteiger partial charge on any atom is -0.497 e. The Kier molecular flexibility index (Phi) is 8.62. The van der Waals surface area contributed by atoms with Gasteiger partial charge in [-0.1, -0.05) is 25.0 Å². The smallest absolute Gasteiger partial charge is 0.215 e. The maximum atomic E-state index is 11.6. The van der Waals surface area contributed by atoms with Crippen molar-refractivity contribution in [1.82, 2.24) is 19.5 Å². The number of likely N-dealkylation sites (N-methyl/N-ethyl adjacent to an activating group) is 2. The minimum atomic E-state index is -3.23. The van der Waals surface area contributed by atoms with Crippen molar-refractivity contribution in [3.8, 4) is 5.75 Å². The molecule has 2 aliphatic carbocycles. The Morgan fingerprint density at radius 1 is 1.15 bits per heavy atom. The predicted molar refractivity (Wildman–Crippen MR) is 164 cm³/mol. The van der Waals surface area contributed by atoms with Gasteiger partial charge in [0.1, 0.15) is 5.75 Å². The van der Waals surface area contributed by atoms with Crippen LogP contribution in [0.1, 0.15) is 54.4 Å². The topological polar surface area (TPSA) is 77.7 Å². The van der Waals surface area contributed by atoms with E-state index in [1.807, 2.05) is 38.5 Å². The average Bonchev–Trinajstić information content (AvgIpc) is 3.36. The molecular formula is C32H46N4O3S. The molecule has 1 saturated heterocycles. The highest BCUT2D eigenvalue weighted by Crippen LogP contribution is 2.55. The minimum absolute atomic E-state index is 0.0116. The maximum absolute atomic E-state index is 11.6. The molecule has 40 heavy (non-hydrogen) atoms. The highest BCUT2D eigenvalue weighted by Gasteiger charge is 2.53. The van der Waals surface area contributed by atoms with Gasteiger partial charge < -0.3 is 19.5 Å². The molecule has 1 aromatic heterocycles. The van der Waals surface area contributed by atoms with Crippen molar-refractivity contribution in [2.75, 3.05) is 48.4 Å². The number of H-pyrrole nitrogens is 1. The lowest BCUT2D eigenvalue weighted by atomic mass is 9.52. The van der Waals surface area contributed by atoms with E-state index in [-0.39, 0.29) is 5.75 Å². The number of nitrogens with one attached hydrogen (secondary N) is 2. The predicted octanol–water partition coefficient (Wildman–Crippen LogP) is 4.70. The number of hydrogen-bond donors (Lipinski definition) is 2. The van der Waals surface area contributed by atoms with Gasteiger partial charge in [-0.25, -0.2) is 13.1 Å². The second kappa shape index (κ2) is 11.8. The number of rotatable bonds is 7. The van der Waals surface area contributed by atoms with Gasteiger partial charge in [0, 0.05) is 35.1 Å². The molecule has 2 N–H and O–H groups in total. The van der Waals surface area contributed by atoms with Gasteiger partial charge in [0.2, 0.25) is 10.0 Å². The third kappa shape index (κ3) is 5.82. The molecule has 2 fully saturated rings. The number of aromatic amines is 1. The molecule has 2 heterocycles. The molecular weight excluding hydrogens is 520 g/mol. The van der Waals surface area contributed by atoms with Crippen LogP contribution in [0.25, 0.3) is 10.9 Å². The van der Waals surface area contributed by atoms with Crippen molar-refractivity contribution in [2.45, 2.75) is 62.2 Å². The van der Waals surface area contributed by atoms with Crippen LogP contribution in [0.4, 0.5) is 0 Å². The Hall–Kier alpha value is -2.39. The second-order valence-corrected chi connectivity index (χ2v) is 14.2. The van der Waals surface area contributed by atoms with Crippen molar-refractivity contribution in [2.24, 2.45) is 5.92 Å².